The average molecular weight is 237 g/mol. The molecule has 16 heavy (non-hydrogen) atoms. The molecule has 2 rings (SSSR count). The minimum Gasteiger partial charge on any atom is -0.461 e. The van der Waals surface area contributed by atoms with Gasteiger partial charge in [-0.25, -0.2) is 0 Å². The minimum absolute atomic E-state index is 0.331. The standard InChI is InChI=1S/C13H13ClO2/c1-8(2)12-7-10-11(16-12)4-3-9(5-6-15)13(10)14/h3-4,6-8H,5H2,1-2H3. The van der Waals surface area contributed by atoms with E-state index in [1.165, 1.54) is 0 Å². The Morgan fingerprint density at radius 3 is 2.81 bits per heavy atom. The van der Waals surface area contributed by atoms with Gasteiger partial charge in [0, 0.05) is 17.7 Å². The fraction of sp³-hybridized carbons (Fsp3) is 0.308. The summed E-state index contributed by atoms with van der Waals surface area (Å²) in [6.45, 7) is 4.13. The summed E-state index contributed by atoms with van der Waals surface area (Å²) in [7, 11) is 0. The number of carbonyl (C=O) groups excluding carboxylic acids is 1. The van der Waals surface area contributed by atoms with E-state index >= 15 is 0 Å². The van der Waals surface area contributed by atoms with Crippen LogP contribution in [0.4, 0.5) is 0 Å². The van der Waals surface area contributed by atoms with Crippen molar-refractivity contribution >= 4 is 28.9 Å². The molecule has 0 radical (unpaired) electrons. The van der Waals surface area contributed by atoms with Crippen molar-refractivity contribution in [1.29, 1.82) is 0 Å². The van der Waals surface area contributed by atoms with Gasteiger partial charge in [-0.1, -0.05) is 31.5 Å². The Kier molecular flexibility index (Phi) is 3.01. The first-order valence-electron chi connectivity index (χ1n) is 5.28. The molecule has 0 unspecified atom stereocenters. The van der Waals surface area contributed by atoms with Crippen molar-refractivity contribution in [2.45, 2.75) is 26.2 Å². The molecule has 0 amide bonds. The van der Waals surface area contributed by atoms with Crippen molar-refractivity contribution in [2.75, 3.05) is 0 Å². The first-order chi connectivity index (χ1) is 7.63. The van der Waals surface area contributed by atoms with Crippen LogP contribution in [0.15, 0.2) is 22.6 Å². The van der Waals surface area contributed by atoms with Crippen LogP contribution in [0.1, 0.15) is 31.1 Å². The van der Waals surface area contributed by atoms with Crippen LogP contribution in [0.3, 0.4) is 0 Å². The number of fused-ring (bicyclic) bond motifs is 1. The highest BCUT2D eigenvalue weighted by Crippen LogP contribution is 2.32. The van der Waals surface area contributed by atoms with Gasteiger partial charge in [-0.3, -0.25) is 0 Å². The highest BCUT2D eigenvalue weighted by atomic mass is 35.5. The van der Waals surface area contributed by atoms with Crippen LogP contribution < -0.4 is 0 Å². The van der Waals surface area contributed by atoms with Crippen LogP contribution in [0, 0.1) is 0 Å². The Hall–Kier alpha value is -1.28. The third-order valence-corrected chi connectivity index (χ3v) is 3.05. The molecule has 0 aliphatic carbocycles. The van der Waals surface area contributed by atoms with Crippen molar-refractivity contribution in [1.82, 2.24) is 0 Å². The summed E-state index contributed by atoms with van der Waals surface area (Å²) in [5, 5.41) is 1.52. The Balaban J connectivity index is 2.59. The minimum atomic E-state index is 0.331. The van der Waals surface area contributed by atoms with Crippen molar-refractivity contribution in [3.63, 3.8) is 0 Å². The lowest BCUT2D eigenvalue weighted by Crippen LogP contribution is -1.86. The van der Waals surface area contributed by atoms with Crippen molar-refractivity contribution in [2.24, 2.45) is 0 Å². The highest BCUT2D eigenvalue weighted by Gasteiger charge is 2.12. The average Bonchev–Trinajstić information content (AvgIpc) is 2.67. The number of benzene rings is 1. The van der Waals surface area contributed by atoms with Gasteiger partial charge in [-0.05, 0) is 17.7 Å². The van der Waals surface area contributed by atoms with E-state index < -0.39 is 0 Å². The van der Waals surface area contributed by atoms with Gasteiger partial charge in [0.05, 0.1) is 5.02 Å². The molecule has 3 heteroatoms. The quantitative estimate of drug-likeness (QED) is 0.756. The van der Waals surface area contributed by atoms with E-state index in [1.54, 1.807) is 0 Å². The monoisotopic (exact) mass is 236 g/mol. The van der Waals surface area contributed by atoms with E-state index in [0.29, 0.717) is 17.4 Å². The molecule has 1 aromatic heterocycles. The van der Waals surface area contributed by atoms with Crippen molar-refractivity contribution in [3.8, 4) is 0 Å². The molecule has 0 fully saturated rings. The largest absolute Gasteiger partial charge is 0.461 e. The molecule has 0 saturated heterocycles. The van der Waals surface area contributed by atoms with Crippen molar-refractivity contribution in [3.05, 3.63) is 34.5 Å². The maximum Gasteiger partial charge on any atom is 0.135 e. The summed E-state index contributed by atoms with van der Waals surface area (Å²) >= 11 is 6.22. The van der Waals surface area contributed by atoms with Gasteiger partial charge in [-0.2, -0.15) is 0 Å². The van der Waals surface area contributed by atoms with Crippen LogP contribution in [0.5, 0.6) is 0 Å². The lowest BCUT2D eigenvalue weighted by atomic mass is 10.1. The lowest BCUT2D eigenvalue weighted by Gasteiger charge is -1.99. The normalized spacial score (nSPS) is 11.2. The van der Waals surface area contributed by atoms with Gasteiger partial charge in [-0.15, -0.1) is 0 Å². The van der Waals surface area contributed by atoms with Crippen LogP contribution in [0.2, 0.25) is 5.02 Å². The molecule has 0 N–H and O–H groups in total. The molecule has 0 bridgehead atoms. The van der Waals surface area contributed by atoms with Crippen LogP contribution in [-0.2, 0) is 11.2 Å². The molecular formula is C13H13ClO2. The van der Waals surface area contributed by atoms with E-state index in [9.17, 15) is 4.79 Å². The Morgan fingerprint density at radius 1 is 1.44 bits per heavy atom. The van der Waals surface area contributed by atoms with E-state index in [0.717, 1.165) is 28.6 Å². The van der Waals surface area contributed by atoms with Gasteiger partial charge < -0.3 is 9.21 Å². The summed E-state index contributed by atoms with van der Waals surface area (Å²) < 4.78 is 5.67. The Labute approximate surface area is 99.2 Å². The molecule has 0 aliphatic rings. The molecule has 0 saturated carbocycles. The van der Waals surface area contributed by atoms with Gasteiger partial charge >= 0.3 is 0 Å². The van der Waals surface area contributed by atoms with E-state index in [-0.39, 0.29) is 0 Å². The second-order valence-corrected chi connectivity index (χ2v) is 4.50. The van der Waals surface area contributed by atoms with Gasteiger partial charge in [0.1, 0.15) is 17.6 Å². The van der Waals surface area contributed by atoms with Gasteiger partial charge in [0.2, 0.25) is 0 Å². The van der Waals surface area contributed by atoms with Crippen LogP contribution in [0.25, 0.3) is 11.0 Å². The van der Waals surface area contributed by atoms with Crippen LogP contribution >= 0.6 is 11.6 Å². The molecule has 1 heterocycles. The van der Waals surface area contributed by atoms with Crippen LogP contribution in [-0.4, -0.2) is 6.29 Å². The number of carbonyl (C=O) groups is 1. The maximum absolute atomic E-state index is 10.5. The van der Waals surface area contributed by atoms with E-state index in [2.05, 4.69) is 13.8 Å². The van der Waals surface area contributed by atoms with E-state index in [1.807, 2.05) is 18.2 Å². The highest BCUT2D eigenvalue weighted by molar-refractivity contribution is 6.36. The van der Waals surface area contributed by atoms with Gasteiger partial charge in [0.25, 0.3) is 0 Å². The third kappa shape index (κ3) is 1.85. The molecule has 0 aliphatic heterocycles. The number of hydrogen-bond donors (Lipinski definition) is 0. The number of hydrogen-bond acceptors (Lipinski definition) is 2. The number of rotatable bonds is 3. The molecule has 1 aromatic carbocycles. The van der Waals surface area contributed by atoms with E-state index in [4.69, 9.17) is 16.0 Å². The summed E-state index contributed by atoms with van der Waals surface area (Å²) in [5.41, 5.74) is 1.63. The first kappa shape index (κ1) is 11.2. The first-order valence-corrected chi connectivity index (χ1v) is 5.65. The fourth-order valence-electron chi connectivity index (χ4n) is 1.67. The summed E-state index contributed by atoms with van der Waals surface area (Å²) in [4.78, 5) is 10.5. The second kappa shape index (κ2) is 4.30. The lowest BCUT2D eigenvalue weighted by molar-refractivity contribution is -0.107. The maximum atomic E-state index is 10.5. The predicted molar refractivity (Wildman–Crippen MR) is 65.1 cm³/mol. The number of aldehydes is 1. The summed E-state index contributed by atoms with van der Waals surface area (Å²) in [5.74, 6) is 1.25. The zero-order chi connectivity index (χ0) is 11.7. The Morgan fingerprint density at radius 2 is 2.19 bits per heavy atom. The summed E-state index contributed by atoms with van der Waals surface area (Å²) in [6, 6.07) is 5.66. The predicted octanol–water partition coefficient (Wildman–Crippen LogP) is 3.95. The molecular weight excluding hydrogens is 224 g/mol. The topological polar surface area (TPSA) is 30.2 Å². The fourth-order valence-corrected chi connectivity index (χ4v) is 1.96. The molecule has 84 valence electrons. The zero-order valence-corrected chi connectivity index (χ0v) is 10.0. The summed E-state index contributed by atoms with van der Waals surface area (Å²) in [6.07, 6.45) is 1.20. The zero-order valence-electron chi connectivity index (χ0n) is 9.29. The Bertz CT molecular complexity index is 526. The second-order valence-electron chi connectivity index (χ2n) is 4.12. The number of halogens is 1. The molecule has 0 atom stereocenters. The SMILES string of the molecule is CC(C)c1cc2c(Cl)c(CC=O)ccc2o1. The van der Waals surface area contributed by atoms with Crippen molar-refractivity contribution < 1.29 is 9.21 Å². The molecule has 0 spiro atoms. The molecule has 2 aromatic rings. The smallest absolute Gasteiger partial charge is 0.135 e. The van der Waals surface area contributed by atoms with Gasteiger partial charge in [0.15, 0.2) is 0 Å². The number of furan rings is 1. The third-order valence-electron chi connectivity index (χ3n) is 2.61. The molecule has 2 nitrogen and oxygen atoms in total.